The summed E-state index contributed by atoms with van der Waals surface area (Å²) in [6, 6.07) is 3.08. The van der Waals surface area contributed by atoms with Gasteiger partial charge in [-0.15, -0.1) is 0 Å². The van der Waals surface area contributed by atoms with Crippen molar-refractivity contribution in [1.29, 1.82) is 0 Å². The molecule has 0 saturated heterocycles. The molecule has 1 atom stereocenters. The van der Waals surface area contributed by atoms with Crippen LogP contribution in [0.4, 0.5) is 18.9 Å². The van der Waals surface area contributed by atoms with Gasteiger partial charge in [-0.3, -0.25) is 4.79 Å². The van der Waals surface area contributed by atoms with Gasteiger partial charge >= 0.3 is 6.18 Å². The van der Waals surface area contributed by atoms with E-state index in [0.717, 1.165) is 24.0 Å². The lowest BCUT2D eigenvalue weighted by molar-refractivity contribution is -0.724. The number of nitrogens with one attached hydrogen (secondary N) is 1. The molecule has 4 fully saturated rings. The quantitative estimate of drug-likeness (QED) is 0.784. The van der Waals surface area contributed by atoms with Crippen molar-refractivity contribution in [1.82, 2.24) is 0 Å². The van der Waals surface area contributed by atoms with Crippen LogP contribution < -0.4 is 10.6 Å². The Morgan fingerprint density at radius 3 is 2.30 bits per heavy atom. The second-order valence-corrected chi connectivity index (χ2v) is 9.08. The molecule has 3 nitrogen and oxygen atoms in total. The van der Waals surface area contributed by atoms with Gasteiger partial charge in [0.05, 0.1) is 22.3 Å². The molecule has 7 heteroatoms. The smallest absolute Gasteiger partial charge is 0.333 e. The zero-order chi connectivity index (χ0) is 19.3. The summed E-state index contributed by atoms with van der Waals surface area (Å²) >= 11 is 5.99. The van der Waals surface area contributed by atoms with Crippen molar-refractivity contribution in [2.75, 3.05) is 5.32 Å². The van der Waals surface area contributed by atoms with E-state index in [1.807, 2.05) is 6.92 Å². The highest BCUT2D eigenvalue weighted by Gasteiger charge is 2.50. The van der Waals surface area contributed by atoms with E-state index in [1.165, 1.54) is 38.2 Å². The lowest BCUT2D eigenvalue weighted by Crippen LogP contribution is -2.99. The minimum absolute atomic E-state index is 0.0156. The molecule has 0 aromatic heterocycles. The predicted molar refractivity (Wildman–Crippen MR) is 97.3 cm³/mol. The minimum Gasteiger partial charge on any atom is -0.333 e. The summed E-state index contributed by atoms with van der Waals surface area (Å²) < 4.78 is 38.7. The maximum absolute atomic E-state index is 12.9. The van der Waals surface area contributed by atoms with E-state index < -0.39 is 11.7 Å². The average Bonchev–Trinajstić information content (AvgIpc) is 2.58. The van der Waals surface area contributed by atoms with Crippen LogP contribution >= 0.6 is 11.6 Å². The van der Waals surface area contributed by atoms with Crippen LogP contribution in [0.2, 0.25) is 5.02 Å². The molecule has 1 aromatic carbocycles. The minimum atomic E-state index is -4.47. The molecule has 1 amide bonds. The number of hydrogen-bond acceptors (Lipinski definition) is 1. The fraction of sp³-hybridized carbons (Fsp3) is 0.650. The van der Waals surface area contributed by atoms with Gasteiger partial charge in [-0.1, -0.05) is 11.6 Å². The van der Waals surface area contributed by atoms with Crippen molar-refractivity contribution in [2.24, 2.45) is 23.7 Å². The maximum Gasteiger partial charge on any atom is 0.416 e. The molecule has 1 aromatic rings. The van der Waals surface area contributed by atoms with Gasteiger partial charge in [-0.05, 0) is 69.1 Å². The van der Waals surface area contributed by atoms with Crippen molar-refractivity contribution in [2.45, 2.75) is 57.3 Å². The number of rotatable bonds is 4. The Balaban J connectivity index is 1.41. The first kappa shape index (κ1) is 19.1. The topological polar surface area (TPSA) is 45.7 Å². The van der Waals surface area contributed by atoms with Crippen molar-refractivity contribution in [3.05, 3.63) is 28.8 Å². The molecular weight excluding hydrogens is 377 g/mol. The van der Waals surface area contributed by atoms with Crippen LogP contribution in [-0.2, 0) is 11.0 Å². The van der Waals surface area contributed by atoms with Crippen LogP contribution in [0.1, 0.15) is 44.6 Å². The Morgan fingerprint density at radius 2 is 1.74 bits per heavy atom. The molecular formula is C20H25ClF3N2O+. The summed E-state index contributed by atoms with van der Waals surface area (Å²) in [5, 5.41) is 4.85. The maximum atomic E-state index is 12.9. The third-order valence-corrected chi connectivity index (χ3v) is 7.11. The summed E-state index contributed by atoms with van der Waals surface area (Å²) in [6.45, 7) is 1.82. The number of anilines is 1. The van der Waals surface area contributed by atoms with Gasteiger partial charge in [-0.25, -0.2) is 0 Å². The summed E-state index contributed by atoms with van der Waals surface area (Å²) in [5.41, 5.74) is -0.804. The summed E-state index contributed by atoms with van der Waals surface area (Å²) in [4.78, 5) is 12.6. The Kier molecular flexibility index (Phi) is 4.91. The third-order valence-electron chi connectivity index (χ3n) is 6.78. The molecule has 0 unspecified atom stereocenters. The van der Waals surface area contributed by atoms with E-state index in [2.05, 4.69) is 10.6 Å². The Hall–Kier alpha value is -1.27. The van der Waals surface area contributed by atoms with Gasteiger partial charge in [0.2, 0.25) is 0 Å². The lowest BCUT2D eigenvalue weighted by atomic mass is 9.54. The van der Waals surface area contributed by atoms with Crippen LogP contribution in [0.3, 0.4) is 0 Å². The average molecular weight is 402 g/mol. The van der Waals surface area contributed by atoms with Gasteiger partial charge in [0.1, 0.15) is 0 Å². The first-order valence-corrected chi connectivity index (χ1v) is 10.1. The van der Waals surface area contributed by atoms with Crippen molar-refractivity contribution in [3.63, 3.8) is 0 Å². The summed E-state index contributed by atoms with van der Waals surface area (Å²) in [7, 11) is 0. The number of amides is 1. The van der Waals surface area contributed by atoms with E-state index >= 15 is 0 Å². The van der Waals surface area contributed by atoms with Crippen LogP contribution in [-0.4, -0.2) is 18.0 Å². The van der Waals surface area contributed by atoms with E-state index in [-0.39, 0.29) is 22.7 Å². The summed E-state index contributed by atoms with van der Waals surface area (Å²) in [5.74, 6) is 2.78. The highest BCUT2D eigenvalue weighted by Crippen LogP contribution is 2.52. The number of halogens is 4. The fourth-order valence-corrected chi connectivity index (χ4v) is 5.91. The molecule has 4 aliphatic carbocycles. The number of carbonyl (C=O) groups is 1. The SMILES string of the molecule is C[C@@H]([NH2+]C1C2CC3CC(C2)CC1C3)C(=O)Nc1cc(C(F)(F)F)ccc1Cl. The van der Waals surface area contributed by atoms with Gasteiger partial charge in [0, 0.05) is 11.8 Å². The molecule has 4 bridgehead atoms. The molecule has 0 spiro atoms. The molecule has 0 aliphatic heterocycles. The molecule has 0 heterocycles. The second kappa shape index (κ2) is 6.96. The van der Waals surface area contributed by atoms with Crippen molar-refractivity contribution in [3.8, 4) is 0 Å². The molecule has 3 N–H and O–H groups in total. The fourth-order valence-electron chi connectivity index (χ4n) is 5.75. The van der Waals surface area contributed by atoms with E-state index in [1.54, 1.807) is 0 Å². The molecule has 5 rings (SSSR count). The lowest BCUT2D eigenvalue weighted by Gasteiger charge is -2.53. The van der Waals surface area contributed by atoms with Gasteiger partial charge in [0.15, 0.2) is 6.04 Å². The highest BCUT2D eigenvalue weighted by molar-refractivity contribution is 6.33. The largest absolute Gasteiger partial charge is 0.416 e. The van der Waals surface area contributed by atoms with Gasteiger partial charge in [0.25, 0.3) is 5.91 Å². The van der Waals surface area contributed by atoms with Gasteiger partial charge < -0.3 is 10.6 Å². The Bertz CT molecular complexity index is 708. The van der Waals surface area contributed by atoms with Gasteiger partial charge in [-0.2, -0.15) is 13.2 Å². The monoisotopic (exact) mass is 401 g/mol. The predicted octanol–water partition coefficient (Wildman–Crippen LogP) is 4.07. The van der Waals surface area contributed by atoms with Crippen LogP contribution in [0.25, 0.3) is 0 Å². The van der Waals surface area contributed by atoms with Crippen LogP contribution in [0.5, 0.6) is 0 Å². The van der Waals surface area contributed by atoms with Crippen LogP contribution in [0, 0.1) is 23.7 Å². The van der Waals surface area contributed by atoms with E-state index in [4.69, 9.17) is 11.6 Å². The number of benzene rings is 1. The molecule has 4 aliphatic rings. The standard InChI is InChI=1S/C20H24ClF3N2O/c1-10(25-18-13-5-11-4-12(7-13)8-14(18)6-11)19(27)26-17-9-15(20(22,23)24)2-3-16(17)21/h2-3,9-14,18,25H,4-8H2,1H3,(H,26,27)/p+1/t10-,11?,12?,13?,14?,18?/m1/s1. The number of nitrogens with two attached hydrogens (primary N) is 1. The zero-order valence-electron chi connectivity index (χ0n) is 15.2. The zero-order valence-corrected chi connectivity index (χ0v) is 16.0. The molecule has 27 heavy (non-hydrogen) atoms. The first-order valence-electron chi connectivity index (χ1n) is 9.73. The van der Waals surface area contributed by atoms with E-state index in [0.29, 0.717) is 17.9 Å². The molecule has 0 radical (unpaired) electrons. The third kappa shape index (κ3) is 3.83. The first-order chi connectivity index (χ1) is 12.7. The number of quaternary nitrogens is 1. The van der Waals surface area contributed by atoms with Crippen molar-refractivity contribution < 1.29 is 23.3 Å². The normalized spacial score (nSPS) is 33.1. The highest BCUT2D eigenvalue weighted by atomic mass is 35.5. The van der Waals surface area contributed by atoms with Crippen molar-refractivity contribution >= 4 is 23.2 Å². The molecule has 4 saturated carbocycles. The van der Waals surface area contributed by atoms with Crippen LogP contribution in [0.15, 0.2) is 18.2 Å². The number of alkyl halides is 3. The number of hydrogen-bond donors (Lipinski definition) is 2. The Labute approximate surface area is 162 Å². The summed E-state index contributed by atoms with van der Waals surface area (Å²) in [6.07, 6.45) is 1.97. The second-order valence-electron chi connectivity index (χ2n) is 8.67. The molecule has 148 valence electrons. The Morgan fingerprint density at radius 1 is 1.15 bits per heavy atom. The number of carbonyl (C=O) groups excluding carboxylic acids is 1. The van der Waals surface area contributed by atoms with E-state index in [9.17, 15) is 18.0 Å².